The molecule has 0 aliphatic carbocycles. The third-order valence-electron chi connectivity index (χ3n) is 2.15. The van der Waals surface area contributed by atoms with E-state index in [0.29, 0.717) is 0 Å². The van der Waals surface area contributed by atoms with Gasteiger partial charge in [0.15, 0.2) is 0 Å². The van der Waals surface area contributed by atoms with Gasteiger partial charge < -0.3 is 5.73 Å². The molecule has 0 bridgehead atoms. The smallest absolute Gasteiger partial charge is 0.320 e. The van der Waals surface area contributed by atoms with Gasteiger partial charge in [0.1, 0.15) is 4.90 Å². The van der Waals surface area contributed by atoms with Crippen LogP contribution in [0.1, 0.15) is 5.69 Å². The predicted molar refractivity (Wildman–Crippen MR) is 58.3 cm³/mol. The molecule has 19 heavy (non-hydrogen) atoms. The van der Waals surface area contributed by atoms with Crippen molar-refractivity contribution in [3.63, 3.8) is 0 Å². The second-order valence-electron chi connectivity index (χ2n) is 3.54. The van der Waals surface area contributed by atoms with Gasteiger partial charge in [-0.1, -0.05) is 0 Å². The summed E-state index contributed by atoms with van der Waals surface area (Å²) in [5.41, 5.74) is 5.21. The average Bonchev–Trinajstić information content (AvgIpc) is 2.36. The molecule has 5 nitrogen and oxygen atoms in total. The molecule has 0 saturated heterocycles. The first kappa shape index (κ1) is 15.8. The minimum absolute atomic E-state index is 0.0460. The van der Waals surface area contributed by atoms with Crippen molar-refractivity contribution in [2.75, 3.05) is 6.54 Å². The minimum Gasteiger partial charge on any atom is -0.325 e. The molecule has 0 spiro atoms. The van der Waals surface area contributed by atoms with Gasteiger partial charge in [-0.05, 0) is 12.1 Å². The zero-order chi connectivity index (χ0) is 14.7. The van der Waals surface area contributed by atoms with E-state index in [9.17, 15) is 26.0 Å². The molecule has 108 valence electrons. The monoisotopic (exact) mass is 301 g/mol. The van der Waals surface area contributed by atoms with Gasteiger partial charge in [0, 0.05) is 12.7 Å². The van der Waals surface area contributed by atoms with Gasteiger partial charge in [-0.3, -0.25) is 4.98 Å². The molecule has 0 aliphatic heterocycles. The van der Waals surface area contributed by atoms with Gasteiger partial charge in [0.25, 0.3) is 0 Å². The Bertz CT molecular complexity index is 536. The topological polar surface area (TPSA) is 85.1 Å². The lowest BCUT2D eigenvalue weighted by molar-refractivity contribution is -0.122. The number of hydrogen-bond acceptors (Lipinski definition) is 4. The summed E-state index contributed by atoms with van der Waals surface area (Å²) in [5.74, 6) is -4.45. The van der Waals surface area contributed by atoms with E-state index in [-0.39, 0.29) is 12.2 Å². The number of rotatable bonds is 6. The fraction of sp³-hybridized carbons (Fsp3) is 0.444. The first-order chi connectivity index (χ1) is 8.70. The van der Waals surface area contributed by atoms with Crippen LogP contribution in [0.2, 0.25) is 0 Å². The molecule has 1 aromatic rings. The fourth-order valence-corrected chi connectivity index (χ4v) is 2.41. The lowest BCUT2D eigenvalue weighted by atomic mass is 10.3. The SMILES string of the molecule is NCc1ncccc1S(=O)(=O)NCC(F)(F)C(F)F. The second kappa shape index (κ2) is 5.80. The Morgan fingerprint density at radius 2 is 2.05 bits per heavy atom. The summed E-state index contributed by atoms with van der Waals surface area (Å²) >= 11 is 0. The molecule has 3 N–H and O–H groups in total. The summed E-state index contributed by atoms with van der Waals surface area (Å²) in [7, 11) is -4.38. The van der Waals surface area contributed by atoms with Crippen LogP contribution in [0.3, 0.4) is 0 Å². The van der Waals surface area contributed by atoms with Crippen LogP contribution in [0, 0.1) is 0 Å². The van der Waals surface area contributed by atoms with Gasteiger partial charge in [-0.15, -0.1) is 0 Å². The van der Waals surface area contributed by atoms with E-state index >= 15 is 0 Å². The van der Waals surface area contributed by atoms with Crippen LogP contribution in [-0.2, 0) is 16.6 Å². The van der Waals surface area contributed by atoms with Gasteiger partial charge in [-0.25, -0.2) is 21.9 Å². The van der Waals surface area contributed by atoms with E-state index in [4.69, 9.17) is 5.73 Å². The molecule has 1 rings (SSSR count). The normalized spacial score (nSPS) is 12.9. The molecule has 0 aromatic carbocycles. The first-order valence-electron chi connectivity index (χ1n) is 5.00. The van der Waals surface area contributed by atoms with Crippen molar-refractivity contribution in [2.45, 2.75) is 23.8 Å². The van der Waals surface area contributed by atoms with Crippen LogP contribution in [0.15, 0.2) is 23.2 Å². The standard InChI is InChI=1S/C9H11F4N3O2S/c10-8(11)9(12,13)5-16-19(17,18)7-2-1-3-15-6(7)4-14/h1-3,8,16H,4-5,14H2. The molecule has 0 radical (unpaired) electrons. The molecular weight excluding hydrogens is 290 g/mol. The van der Waals surface area contributed by atoms with E-state index in [0.717, 1.165) is 6.07 Å². The van der Waals surface area contributed by atoms with Crippen molar-refractivity contribution < 1.29 is 26.0 Å². The first-order valence-corrected chi connectivity index (χ1v) is 6.48. The maximum absolute atomic E-state index is 12.7. The Hall–Kier alpha value is -1.26. The number of hydrogen-bond donors (Lipinski definition) is 2. The van der Waals surface area contributed by atoms with E-state index in [1.807, 2.05) is 0 Å². The highest BCUT2D eigenvalue weighted by atomic mass is 32.2. The lowest BCUT2D eigenvalue weighted by Gasteiger charge is -2.16. The van der Waals surface area contributed by atoms with Crippen molar-refractivity contribution in [3.05, 3.63) is 24.0 Å². The van der Waals surface area contributed by atoms with Crippen LogP contribution < -0.4 is 10.5 Å². The third kappa shape index (κ3) is 3.85. The number of sulfonamides is 1. The molecule has 0 unspecified atom stereocenters. The zero-order valence-corrected chi connectivity index (χ0v) is 10.3. The number of halogens is 4. The van der Waals surface area contributed by atoms with Crippen molar-refractivity contribution in [1.82, 2.24) is 9.71 Å². The molecule has 0 amide bonds. The molecule has 1 aromatic heterocycles. The quantitative estimate of drug-likeness (QED) is 0.758. The Balaban J connectivity index is 2.94. The van der Waals surface area contributed by atoms with Crippen molar-refractivity contribution in [3.8, 4) is 0 Å². The summed E-state index contributed by atoms with van der Waals surface area (Å²) < 4.78 is 74.0. The molecular formula is C9H11F4N3O2S. The third-order valence-corrected chi connectivity index (χ3v) is 3.62. The highest BCUT2D eigenvalue weighted by Gasteiger charge is 2.41. The second-order valence-corrected chi connectivity index (χ2v) is 5.27. The molecule has 0 saturated carbocycles. The number of nitrogens with one attached hydrogen (secondary N) is 1. The Morgan fingerprint density at radius 3 is 2.58 bits per heavy atom. The molecule has 10 heteroatoms. The number of nitrogens with two attached hydrogens (primary N) is 1. The van der Waals surface area contributed by atoms with Crippen LogP contribution >= 0.6 is 0 Å². The van der Waals surface area contributed by atoms with E-state index in [1.54, 1.807) is 0 Å². The van der Waals surface area contributed by atoms with E-state index in [2.05, 4.69) is 4.98 Å². The Labute approximate surface area is 106 Å². The summed E-state index contributed by atoms with van der Waals surface area (Å²) in [5, 5.41) is 0. The lowest BCUT2D eigenvalue weighted by Crippen LogP contribution is -2.41. The van der Waals surface area contributed by atoms with Crippen molar-refractivity contribution >= 4 is 10.0 Å². The van der Waals surface area contributed by atoms with Gasteiger partial charge >= 0.3 is 12.3 Å². The van der Waals surface area contributed by atoms with Crippen LogP contribution in [0.5, 0.6) is 0 Å². The molecule has 0 atom stereocenters. The highest BCUT2D eigenvalue weighted by Crippen LogP contribution is 2.22. The summed E-state index contributed by atoms with van der Waals surface area (Å²) in [6, 6.07) is 2.36. The van der Waals surface area contributed by atoms with Crippen molar-refractivity contribution in [1.29, 1.82) is 0 Å². The molecule has 0 aliphatic rings. The fourth-order valence-electron chi connectivity index (χ4n) is 1.17. The maximum Gasteiger partial charge on any atom is 0.320 e. The van der Waals surface area contributed by atoms with Gasteiger partial charge in [0.2, 0.25) is 10.0 Å². The number of alkyl halides is 4. The predicted octanol–water partition coefficient (Wildman–Crippen LogP) is 0.719. The van der Waals surface area contributed by atoms with Gasteiger partial charge in [-0.2, -0.15) is 8.78 Å². The number of nitrogens with zero attached hydrogens (tertiary/aromatic N) is 1. The summed E-state index contributed by atoms with van der Waals surface area (Å²) in [4.78, 5) is 3.25. The van der Waals surface area contributed by atoms with Gasteiger partial charge in [0.05, 0.1) is 12.2 Å². The van der Waals surface area contributed by atoms with Crippen LogP contribution in [0.4, 0.5) is 17.6 Å². The largest absolute Gasteiger partial charge is 0.325 e. The summed E-state index contributed by atoms with van der Waals surface area (Å²) in [6.07, 6.45) is -2.69. The maximum atomic E-state index is 12.7. The highest BCUT2D eigenvalue weighted by molar-refractivity contribution is 7.89. The van der Waals surface area contributed by atoms with E-state index < -0.39 is 33.8 Å². The Morgan fingerprint density at radius 1 is 1.42 bits per heavy atom. The molecule has 0 fully saturated rings. The average molecular weight is 301 g/mol. The number of pyridine rings is 1. The van der Waals surface area contributed by atoms with Crippen LogP contribution in [-0.4, -0.2) is 32.3 Å². The Kier molecular flexibility index (Phi) is 4.82. The minimum atomic E-state index is -4.45. The summed E-state index contributed by atoms with van der Waals surface area (Å²) in [6.45, 7) is -1.94. The molecule has 1 heterocycles. The van der Waals surface area contributed by atoms with Crippen molar-refractivity contribution in [2.24, 2.45) is 5.73 Å². The zero-order valence-electron chi connectivity index (χ0n) is 9.48. The van der Waals surface area contributed by atoms with E-state index in [1.165, 1.54) is 17.0 Å². The number of aromatic nitrogens is 1. The van der Waals surface area contributed by atoms with Crippen LogP contribution in [0.25, 0.3) is 0 Å².